The average molecular weight is 503 g/mol. The summed E-state index contributed by atoms with van der Waals surface area (Å²) in [6.07, 6.45) is -2.03. The highest BCUT2D eigenvalue weighted by Crippen LogP contribution is 2.28. The molecule has 4 rings (SSSR count). The highest BCUT2D eigenvalue weighted by molar-refractivity contribution is 5.70. The number of benzene rings is 2. The summed E-state index contributed by atoms with van der Waals surface area (Å²) in [7, 11) is 0. The van der Waals surface area contributed by atoms with Gasteiger partial charge in [0, 0.05) is 12.0 Å². The summed E-state index contributed by atoms with van der Waals surface area (Å²) in [5.41, 5.74) is 2.69. The van der Waals surface area contributed by atoms with E-state index in [-0.39, 0.29) is 18.1 Å². The average Bonchev–Trinajstić information content (AvgIpc) is 2.89. The van der Waals surface area contributed by atoms with E-state index in [2.05, 4.69) is 16.0 Å². The van der Waals surface area contributed by atoms with Crippen molar-refractivity contribution in [3.8, 4) is 23.0 Å². The summed E-state index contributed by atoms with van der Waals surface area (Å²) < 4.78 is 41.0. The van der Waals surface area contributed by atoms with Crippen LogP contribution >= 0.6 is 0 Å². The van der Waals surface area contributed by atoms with Crippen LogP contribution in [0.3, 0.4) is 0 Å². The predicted molar refractivity (Wildman–Crippen MR) is 135 cm³/mol. The van der Waals surface area contributed by atoms with Gasteiger partial charge in [-0.2, -0.15) is 18.4 Å². The first kappa shape index (κ1) is 25.8. The number of hydrogen-bond acceptors (Lipinski definition) is 4. The molecular formula is C29H25F3N4O. The molecule has 2 aromatic heterocycles. The van der Waals surface area contributed by atoms with E-state index in [0.717, 1.165) is 40.2 Å². The van der Waals surface area contributed by atoms with E-state index >= 15 is 0 Å². The zero-order valence-electron chi connectivity index (χ0n) is 20.5. The molecule has 37 heavy (non-hydrogen) atoms. The molecule has 0 unspecified atom stereocenters. The number of aryl methyl sites for hydroxylation is 2. The lowest BCUT2D eigenvalue weighted by atomic mass is 9.97. The Morgan fingerprint density at radius 1 is 0.973 bits per heavy atom. The Kier molecular flexibility index (Phi) is 7.53. The maximum atomic E-state index is 13.7. The second kappa shape index (κ2) is 10.8. The summed E-state index contributed by atoms with van der Waals surface area (Å²) in [6, 6.07) is 20.6. The molecule has 0 spiro atoms. The standard InChI is InChI=1S/C29H25F3N4O/c1-3-4-10-25-24(17-20-13-15-21(16-14-20)23-9-6-5-8-22(23)18-33)28(37)36(19(2)34-25)27-12-7-11-26(35-27)29(30,31)32/h5-9,11-16H,3-4,10,17H2,1-2H3. The summed E-state index contributed by atoms with van der Waals surface area (Å²) in [5, 5.41) is 9.40. The van der Waals surface area contributed by atoms with Crippen LogP contribution < -0.4 is 5.56 Å². The van der Waals surface area contributed by atoms with Crippen LogP contribution in [0.1, 0.15) is 53.7 Å². The van der Waals surface area contributed by atoms with Crippen molar-refractivity contribution in [2.45, 2.75) is 45.7 Å². The van der Waals surface area contributed by atoms with Crippen molar-refractivity contribution in [2.75, 3.05) is 0 Å². The fourth-order valence-electron chi connectivity index (χ4n) is 4.26. The molecule has 0 atom stereocenters. The maximum absolute atomic E-state index is 13.7. The van der Waals surface area contributed by atoms with Crippen molar-refractivity contribution >= 4 is 0 Å². The van der Waals surface area contributed by atoms with Crippen molar-refractivity contribution < 1.29 is 13.2 Å². The van der Waals surface area contributed by atoms with Gasteiger partial charge >= 0.3 is 6.18 Å². The third kappa shape index (κ3) is 5.61. The molecule has 0 saturated carbocycles. The quantitative estimate of drug-likeness (QED) is 0.292. The van der Waals surface area contributed by atoms with E-state index < -0.39 is 17.4 Å². The van der Waals surface area contributed by atoms with Gasteiger partial charge in [-0.15, -0.1) is 0 Å². The number of rotatable bonds is 7. The molecule has 2 aromatic carbocycles. The van der Waals surface area contributed by atoms with Crippen LogP contribution in [0.25, 0.3) is 16.9 Å². The second-order valence-electron chi connectivity index (χ2n) is 8.74. The van der Waals surface area contributed by atoms with Gasteiger partial charge in [0.05, 0.1) is 17.3 Å². The van der Waals surface area contributed by atoms with Gasteiger partial charge in [-0.3, -0.25) is 4.79 Å². The van der Waals surface area contributed by atoms with Gasteiger partial charge in [-0.05, 0) is 54.7 Å². The fraction of sp³-hybridized carbons (Fsp3) is 0.241. The summed E-state index contributed by atoms with van der Waals surface area (Å²) in [5.74, 6) is 0.173. The van der Waals surface area contributed by atoms with Crippen molar-refractivity contribution in [1.82, 2.24) is 14.5 Å². The molecule has 0 aliphatic heterocycles. The molecule has 0 bridgehead atoms. The van der Waals surface area contributed by atoms with E-state index in [4.69, 9.17) is 0 Å². The lowest BCUT2D eigenvalue weighted by Gasteiger charge is -2.16. The highest BCUT2D eigenvalue weighted by Gasteiger charge is 2.33. The lowest BCUT2D eigenvalue weighted by molar-refractivity contribution is -0.141. The van der Waals surface area contributed by atoms with Crippen molar-refractivity contribution in [3.63, 3.8) is 0 Å². The van der Waals surface area contributed by atoms with Crippen molar-refractivity contribution in [2.24, 2.45) is 0 Å². The number of alkyl halides is 3. The number of pyridine rings is 1. The van der Waals surface area contributed by atoms with Gasteiger partial charge in [0.1, 0.15) is 17.3 Å². The molecule has 5 nitrogen and oxygen atoms in total. The van der Waals surface area contributed by atoms with E-state index in [1.54, 1.807) is 13.0 Å². The molecule has 0 saturated heterocycles. The molecule has 0 N–H and O–H groups in total. The zero-order valence-corrected chi connectivity index (χ0v) is 20.5. The van der Waals surface area contributed by atoms with E-state index in [9.17, 15) is 23.2 Å². The molecule has 4 aromatic rings. The third-order valence-electron chi connectivity index (χ3n) is 6.14. The number of nitrogens with zero attached hydrogens (tertiary/aromatic N) is 4. The summed E-state index contributed by atoms with van der Waals surface area (Å²) in [4.78, 5) is 22.0. The summed E-state index contributed by atoms with van der Waals surface area (Å²) in [6.45, 7) is 3.64. The number of halogens is 3. The van der Waals surface area contributed by atoms with Crippen LogP contribution in [0.4, 0.5) is 13.2 Å². The molecule has 0 aliphatic rings. The first-order valence-electron chi connectivity index (χ1n) is 12.0. The topological polar surface area (TPSA) is 71.6 Å². The van der Waals surface area contributed by atoms with Crippen LogP contribution in [0.2, 0.25) is 0 Å². The molecule has 0 amide bonds. The molecular weight excluding hydrogens is 477 g/mol. The van der Waals surface area contributed by atoms with Gasteiger partial charge in [-0.25, -0.2) is 14.5 Å². The van der Waals surface area contributed by atoms with E-state index in [1.807, 2.05) is 49.4 Å². The largest absolute Gasteiger partial charge is 0.433 e. The van der Waals surface area contributed by atoms with Crippen LogP contribution in [-0.4, -0.2) is 14.5 Å². The van der Waals surface area contributed by atoms with Gasteiger partial charge in [0.25, 0.3) is 5.56 Å². The van der Waals surface area contributed by atoms with Crippen LogP contribution in [0, 0.1) is 18.3 Å². The Morgan fingerprint density at radius 2 is 1.70 bits per heavy atom. The fourth-order valence-corrected chi connectivity index (χ4v) is 4.26. The monoisotopic (exact) mass is 502 g/mol. The smallest absolute Gasteiger partial charge is 0.268 e. The first-order chi connectivity index (χ1) is 17.7. The minimum absolute atomic E-state index is 0.114. The molecule has 0 radical (unpaired) electrons. The minimum Gasteiger partial charge on any atom is -0.268 e. The van der Waals surface area contributed by atoms with Gasteiger partial charge in [-0.1, -0.05) is 61.9 Å². The van der Waals surface area contributed by atoms with Crippen molar-refractivity contribution in [1.29, 1.82) is 5.26 Å². The predicted octanol–water partition coefficient (Wildman–Crippen LogP) is 6.43. The first-order valence-corrected chi connectivity index (χ1v) is 12.0. The minimum atomic E-state index is -4.63. The SMILES string of the molecule is CCCCc1nc(C)n(-c2cccc(C(F)(F)F)n2)c(=O)c1Cc1ccc(-c2ccccc2C#N)cc1. The Balaban J connectivity index is 1.77. The summed E-state index contributed by atoms with van der Waals surface area (Å²) >= 11 is 0. The Labute approximate surface area is 212 Å². The maximum Gasteiger partial charge on any atom is 0.433 e. The van der Waals surface area contributed by atoms with E-state index in [0.29, 0.717) is 23.2 Å². The van der Waals surface area contributed by atoms with E-state index in [1.165, 1.54) is 12.1 Å². The van der Waals surface area contributed by atoms with Gasteiger partial charge in [0.15, 0.2) is 0 Å². The normalized spacial score (nSPS) is 11.4. The molecule has 8 heteroatoms. The third-order valence-corrected chi connectivity index (χ3v) is 6.14. The second-order valence-corrected chi connectivity index (χ2v) is 8.74. The number of unbranched alkanes of at least 4 members (excludes halogenated alkanes) is 1. The van der Waals surface area contributed by atoms with Crippen LogP contribution in [0.15, 0.2) is 71.5 Å². The highest BCUT2D eigenvalue weighted by atomic mass is 19.4. The van der Waals surface area contributed by atoms with Gasteiger partial charge in [0.2, 0.25) is 0 Å². The molecule has 0 aliphatic carbocycles. The van der Waals surface area contributed by atoms with Crippen molar-refractivity contribution in [3.05, 3.63) is 111 Å². The Morgan fingerprint density at radius 3 is 2.38 bits per heavy atom. The van der Waals surface area contributed by atoms with Crippen LogP contribution in [0.5, 0.6) is 0 Å². The number of hydrogen-bond donors (Lipinski definition) is 0. The molecule has 0 fully saturated rings. The zero-order chi connectivity index (χ0) is 26.6. The lowest BCUT2D eigenvalue weighted by Crippen LogP contribution is -2.29. The number of nitriles is 1. The Hall–Kier alpha value is -4.25. The van der Waals surface area contributed by atoms with Gasteiger partial charge < -0.3 is 0 Å². The Bertz CT molecular complexity index is 1520. The molecule has 188 valence electrons. The number of aromatic nitrogens is 3. The van der Waals surface area contributed by atoms with Crippen LogP contribution in [-0.2, 0) is 19.0 Å². The molecule has 2 heterocycles.